The number of unbranched alkanes of at least 4 members (excludes halogenated alkanes) is 2. The molecule has 0 amide bonds. The van der Waals surface area contributed by atoms with Crippen LogP contribution < -0.4 is 14.4 Å². The van der Waals surface area contributed by atoms with Gasteiger partial charge in [0, 0.05) is 18.3 Å². The second kappa shape index (κ2) is 10.0. The van der Waals surface area contributed by atoms with Gasteiger partial charge in [0.15, 0.2) is 17.4 Å². The van der Waals surface area contributed by atoms with Gasteiger partial charge in [-0.25, -0.2) is 4.98 Å². The first-order valence-electron chi connectivity index (χ1n) is 11.7. The third kappa shape index (κ3) is 4.38. The van der Waals surface area contributed by atoms with Gasteiger partial charge in [0.1, 0.15) is 5.69 Å². The monoisotopic (exact) mass is 457 g/mol. The van der Waals surface area contributed by atoms with Crippen molar-refractivity contribution >= 4 is 11.6 Å². The summed E-state index contributed by atoms with van der Waals surface area (Å²) in [5, 5.41) is 10.2. The molecule has 3 aromatic rings. The first-order valence-corrected chi connectivity index (χ1v) is 11.7. The van der Waals surface area contributed by atoms with E-state index in [9.17, 15) is 5.26 Å². The number of rotatable bonds is 8. The standard InChI is InChI=1S/C28H31N3O3/c1-6-7-8-15-33-24-14-11-21(16-25(24)32-5)26-23(17-29)19(3)31(22-12-9-18(2)10-13-22)28-27(26)30-20(4)34-28/h9-14,16,26H,6-8,15H2,1-5H3. The molecule has 6 heteroatoms. The van der Waals surface area contributed by atoms with Crippen molar-refractivity contribution in [2.24, 2.45) is 0 Å². The van der Waals surface area contributed by atoms with Crippen LogP contribution in [-0.2, 0) is 0 Å². The maximum absolute atomic E-state index is 10.2. The Morgan fingerprint density at radius 2 is 1.82 bits per heavy atom. The lowest BCUT2D eigenvalue weighted by Gasteiger charge is -2.32. The highest BCUT2D eigenvalue weighted by Gasteiger charge is 2.38. The number of benzene rings is 2. The number of nitrogens with zero attached hydrogens (tertiary/aromatic N) is 3. The molecule has 34 heavy (non-hydrogen) atoms. The molecule has 2 aromatic carbocycles. The van der Waals surface area contributed by atoms with Crippen molar-refractivity contribution in [2.45, 2.75) is 52.9 Å². The molecule has 6 nitrogen and oxygen atoms in total. The van der Waals surface area contributed by atoms with E-state index in [4.69, 9.17) is 18.9 Å². The molecule has 4 rings (SSSR count). The summed E-state index contributed by atoms with van der Waals surface area (Å²) in [6.45, 7) is 8.65. The van der Waals surface area contributed by atoms with E-state index in [0.29, 0.717) is 35.5 Å². The minimum Gasteiger partial charge on any atom is -0.493 e. The van der Waals surface area contributed by atoms with Crippen LogP contribution in [0.25, 0.3) is 0 Å². The van der Waals surface area contributed by atoms with E-state index in [-0.39, 0.29) is 5.92 Å². The predicted molar refractivity (Wildman–Crippen MR) is 133 cm³/mol. The van der Waals surface area contributed by atoms with E-state index in [1.54, 1.807) is 7.11 Å². The zero-order valence-corrected chi connectivity index (χ0v) is 20.5. The molecular formula is C28H31N3O3. The molecule has 2 heterocycles. The Morgan fingerprint density at radius 3 is 2.50 bits per heavy atom. The topological polar surface area (TPSA) is 71.5 Å². The Morgan fingerprint density at radius 1 is 1.06 bits per heavy atom. The van der Waals surface area contributed by atoms with Crippen molar-refractivity contribution in [2.75, 3.05) is 18.6 Å². The van der Waals surface area contributed by atoms with Crippen LogP contribution >= 0.6 is 0 Å². The van der Waals surface area contributed by atoms with E-state index >= 15 is 0 Å². The minimum atomic E-state index is -0.359. The number of aryl methyl sites for hydroxylation is 2. The summed E-state index contributed by atoms with van der Waals surface area (Å²) in [4.78, 5) is 6.70. The Kier molecular flexibility index (Phi) is 6.93. The van der Waals surface area contributed by atoms with E-state index in [1.165, 1.54) is 5.56 Å². The Hall–Kier alpha value is -3.72. The predicted octanol–water partition coefficient (Wildman–Crippen LogP) is 6.95. The molecule has 1 atom stereocenters. The fraction of sp³-hybridized carbons (Fsp3) is 0.357. The van der Waals surface area contributed by atoms with Crippen LogP contribution in [0, 0.1) is 25.2 Å². The maximum atomic E-state index is 10.2. The normalized spacial score (nSPS) is 15.2. The second-order valence-electron chi connectivity index (χ2n) is 8.60. The summed E-state index contributed by atoms with van der Waals surface area (Å²) < 4.78 is 17.7. The van der Waals surface area contributed by atoms with Gasteiger partial charge in [-0.05, 0) is 50.1 Å². The van der Waals surface area contributed by atoms with Gasteiger partial charge in [-0.3, -0.25) is 4.90 Å². The van der Waals surface area contributed by atoms with E-state index in [1.807, 2.05) is 68.1 Å². The highest BCUT2D eigenvalue weighted by Crippen LogP contribution is 2.48. The minimum absolute atomic E-state index is 0.359. The molecule has 0 fully saturated rings. The first kappa shape index (κ1) is 23.4. The molecule has 0 radical (unpaired) electrons. The number of nitriles is 1. The van der Waals surface area contributed by atoms with Crippen LogP contribution in [0.15, 0.2) is 58.2 Å². The summed E-state index contributed by atoms with van der Waals surface area (Å²) in [6, 6.07) is 16.5. The van der Waals surface area contributed by atoms with E-state index in [0.717, 1.165) is 41.9 Å². The summed E-state index contributed by atoms with van der Waals surface area (Å²) in [5.74, 6) is 2.19. The molecule has 1 unspecified atom stereocenters. The Balaban J connectivity index is 1.78. The third-order valence-electron chi connectivity index (χ3n) is 6.17. The molecule has 0 saturated heterocycles. The highest BCUT2D eigenvalue weighted by atomic mass is 16.5. The number of ether oxygens (including phenoxy) is 2. The van der Waals surface area contributed by atoms with Crippen molar-refractivity contribution in [1.82, 2.24) is 4.98 Å². The second-order valence-corrected chi connectivity index (χ2v) is 8.60. The quantitative estimate of drug-likeness (QED) is 0.341. The lowest BCUT2D eigenvalue weighted by molar-refractivity contribution is 0.286. The molecule has 0 aliphatic carbocycles. The molecule has 0 N–H and O–H groups in total. The van der Waals surface area contributed by atoms with Crippen molar-refractivity contribution in [3.63, 3.8) is 0 Å². The van der Waals surface area contributed by atoms with Gasteiger partial charge in [0.2, 0.25) is 5.88 Å². The van der Waals surface area contributed by atoms with Gasteiger partial charge in [0.05, 0.1) is 31.3 Å². The smallest absolute Gasteiger partial charge is 0.229 e. The van der Waals surface area contributed by atoms with E-state index < -0.39 is 0 Å². The summed E-state index contributed by atoms with van der Waals surface area (Å²) >= 11 is 0. The number of methoxy groups -OCH3 is 1. The van der Waals surface area contributed by atoms with Crippen LogP contribution in [0.3, 0.4) is 0 Å². The van der Waals surface area contributed by atoms with Crippen LogP contribution in [0.4, 0.5) is 11.6 Å². The van der Waals surface area contributed by atoms with Crippen LogP contribution in [0.1, 0.15) is 61.7 Å². The zero-order valence-electron chi connectivity index (χ0n) is 20.5. The zero-order chi connectivity index (χ0) is 24.2. The summed E-state index contributed by atoms with van der Waals surface area (Å²) in [7, 11) is 1.63. The number of hydrogen-bond donors (Lipinski definition) is 0. The van der Waals surface area contributed by atoms with E-state index in [2.05, 4.69) is 13.0 Å². The van der Waals surface area contributed by atoms with Crippen molar-refractivity contribution in [3.05, 3.63) is 76.4 Å². The van der Waals surface area contributed by atoms with Gasteiger partial charge < -0.3 is 13.9 Å². The molecule has 1 aliphatic heterocycles. The number of anilines is 2. The van der Waals surface area contributed by atoms with Gasteiger partial charge in [0.25, 0.3) is 0 Å². The van der Waals surface area contributed by atoms with Gasteiger partial charge in [-0.15, -0.1) is 0 Å². The molecular weight excluding hydrogens is 426 g/mol. The Labute approximate surface area is 201 Å². The molecule has 1 aromatic heterocycles. The average molecular weight is 458 g/mol. The number of hydrogen-bond acceptors (Lipinski definition) is 6. The third-order valence-corrected chi connectivity index (χ3v) is 6.17. The van der Waals surface area contributed by atoms with Crippen molar-refractivity contribution in [1.29, 1.82) is 5.26 Å². The molecule has 176 valence electrons. The fourth-order valence-electron chi connectivity index (χ4n) is 4.39. The lowest BCUT2D eigenvalue weighted by atomic mass is 9.84. The molecule has 1 aliphatic rings. The number of allylic oxidation sites excluding steroid dienone is 2. The molecule has 0 bridgehead atoms. The van der Waals surface area contributed by atoms with Crippen LogP contribution in [0.2, 0.25) is 0 Å². The summed E-state index contributed by atoms with van der Waals surface area (Å²) in [6.07, 6.45) is 3.27. The summed E-state index contributed by atoms with van der Waals surface area (Å²) in [5.41, 5.74) is 5.17. The van der Waals surface area contributed by atoms with Crippen molar-refractivity contribution in [3.8, 4) is 17.6 Å². The van der Waals surface area contributed by atoms with Crippen LogP contribution in [0.5, 0.6) is 11.5 Å². The Bertz CT molecular complexity index is 1230. The van der Waals surface area contributed by atoms with Gasteiger partial charge in [-0.2, -0.15) is 5.26 Å². The number of fused-ring (bicyclic) bond motifs is 1. The van der Waals surface area contributed by atoms with Crippen LogP contribution in [-0.4, -0.2) is 18.7 Å². The fourth-order valence-corrected chi connectivity index (χ4v) is 4.39. The number of oxazole rings is 1. The molecule has 0 spiro atoms. The largest absolute Gasteiger partial charge is 0.493 e. The van der Waals surface area contributed by atoms with Crippen molar-refractivity contribution < 1.29 is 13.9 Å². The van der Waals surface area contributed by atoms with Gasteiger partial charge >= 0.3 is 0 Å². The lowest BCUT2D eigenvalue weighted by Crippen LogP contribution is -2.25. The SMILES string of the molecule is CCCCCOc1ccc(C2C(C#N)=C(C)N(c3ccc(C)cc3)c3oc(C)nc32)cc1OC. The average Bonchev–Trinajstić information content (AvgIpc) is 3.22. The number of aromatic nitrogens is 1. The first-order chi connectivity index (χ1) is 16.5. The molecule has 0 saturated carbocycles. The highest BCUT2D eigenvalue weighted by molar-refractivity contribution is 5.73. The maximum Gasteiger partial charge on any atom is 0.229 e. The van der Waals surface area contributed by atoms with Gasteiger partial charge in [-0.1, -0.05) is 43.5 Å².